The first kappa shape index (κ1) is 13.9. The quantitative estimate of drug-likeness (QED) is 0.837. The number of hydrogen-bond acceptors (Lipinski definition) is 3. The van der Waals surface area contributed by atoms with E-state index in [9.17, 15) is 4.79 Å². The molecule has 104 valence electrons. The minimum absolute atomic E-state index is 0.110. The normalized spacial score (nSPS) is 19.2. The minimum Gasteiger partial charge on any atom is -0.450 e. The van der Waals surface area contributed by atoms with Gasteiger partial charge in [0.25, 0.3) is 0 Å². The van der Waals surface area contributed by atoms with E-state index in [0.29, 0.717) is 26.3 Å². The molecule has 2 rings (SSSR count). The molecular formula is C15H21NO3. The average molecular weight is 263 g/mol. The molecule has 0 bridgehead atoms. The zero-order valence-corrected chi connectivity index (χ0v) is 11.4. The molecular weight excluding hydrogens is 242 g/mol. The number of morpholine rings is 1. The van der Waals surface area contributed by atoms with Crippen LogP contribution in [0, 0.1) is 0 Å². The summed E-state index contributed by atoms with van der Waals surface area (Å²) in [7, 11) is 0. The van der Waals surface area contributed by atoms with Crippen molar-refractivity contribution in [3.63, 3.8) is 0 Å². The molecule has 0 aliphatic carbocycles. The van der Waals surface area contributed by atoms with Crippen molar-refractivity contribution >= 4 is 6.09 Å². The van der Waals surface area contributed by atoms with Gasteiger partial charge in [-0.15, -0.1) is 0 Å². The number of carbonyl (C=O) groups excluding carboxylic acids is 1. The predicted molar refractivity (Wildman–Crippen MR) is 73.1 cm³/mol. The fraction of sp³-hybridized carbons (Fsp3) is 0.533. The summed E-state index contributed by atoms with van der Waals surface area (Å²) < 4.78 is 10.7. The van der Waals surface area contributed by atoms with Crippen molar-refractivity contribution in [1.29, 1.82) is 0 Å². The molecule has 1 saturated heterocycles. The van der Waals surface area contributed by atoms with E-state index in [4.69, 9.17) is 9.47 Å². The number of nitrogens with zero attached hydrogens (tertiary/aromatic N) is 1. The Labute approximate surface area is 114 Å². The molecule has 19 heavy (non-hydrogen) atoms. The minimum atomic E-state index is -0.226. The lowest BCUT2D eigenvalue weighted by Crippen LogP contribution is -2.46. The zero-order valence-electron chi connectivity index (χ0n) is 11.4. The van der Waals surface area contributed by atoms with Crippen molar-refractivity contribution in [3.8, 4) is 0 Å². The van der Waals surface area contributed by atoms with Crippen molar-refractivity contribution in [3.05, 3.63) is 35.9 Å². The van der Waals surface area contributed by atoms with Crippen LogP contribution in [0.15, 0.2) is 30.3 Å². The van der Waals surface area contributed by atoms with Crippen molar-refractivity contribution in [2.24, 2.45) is 0 Å². The molecule has 1 aliphatic heterocycles. The third-order valence-electron chi connectivity index (χ3n) is 3.26. The van der Waals surface area contributed by atoms with Crippen LogP contribution in [0.25, 0.3) is 0 Å². The summed E-state index contributed by atoms with van der Waals surface area (Å²) >= 11 is 0. The van der Waals surface area contributed by atoms with Gasteiger partial charge in [0.15, 0.2) is 0 Å². The standard InChI is InChI=1S/C15H21NO3/c1-2-18-15(17)16-10-11-19-14(12-16)9-8-13-6-4-3-5-7-13/h3-7,14H,2,8-12H2,1H3. The highest BCUT2D eigenvalue weighted by Crippen LogP contribution is 2.13. The summed E-state index contributed by atoms with van der Waals surface area (Å²) in [5.74, 6) is 0. The van der Waals surface area contributed by atoms with E-state index < -0.39 is 0 Å². The lowest BCUT2D eigenvalue weighted by atomic mass is 10.1. The number of carbonyl (C=O) groups is 1. The van der Waals surface area contributed by atoms with E-state index in [1.165, 1.54) is 5.56 Å². The molecule has 0 radical (unpaired) electrons. The fourth-order valence-corrected chi connectivity index (χ4v) is 2.25. The van der Waals surface area contributed by atoms with Crippen LogP contribution in [0.5, 0.6) is 0 Å². The molecule has 0 N–H and O–H groups in total. The van der Waals surface area contributed by atoms with Gasteiger partial charge in [0.1, 0.15) is 0 Å². The highest BCUT2D eigenvalue weighted by atomic mass is 16.6. The number of ether oxygens (including phenoxy) is 2. The van der Waals surface area contributed by atoms with E-state index in [2.05, 4.69) is 12.1 Å². The second kappa shape index (κ2) is 7.14. The molecule has 1 aromatic carbocycles. The van der Waals surface area contributed by atoms with Crippen molar-refractivity contribution in [2.75, 3.05) is 26.3 Å². The fourth-order valence-electron chi connectivity index (χ4n) is 2.25. The molecule has 1 unspecified atom stereocenters. The smallest absolute Gasteiger partial charge is 0.409 e. The largest absolute Gasteiger partial charge is 0.450 e. The lowest BCUT2D eigenvalue weighted by Gasteiger charge is -2.32. The summed E-state index contributed by atoms with van der Waals surface area (Å²) in [4.78, 5) is 13.4. The maximum absolute atomic E-state index is 11.7. The molecule has 4 heteroatoms. The molecule has 1 aromatic rings. The first-order valence-corrected chi connectivity index (χ1v) is 6.87. The molecule has 1 aliphatic rings. The first-order chi connectivity index (χ1) is 9.29. The molecule has 4 nitrogen and oxygen atoms in total. The van der Waals surface area contributed by atoms with Crippen LogP contribution in [0.1, 0.15) is 18.9 Å². The van der Waals surface area contributed by atoms with E-state index in [-0.39, 0.29) is 12.2 Å². The van der Waals surface area contributed by atoms with E-state index in [0.717, 1.165) is 12.8 Å². The second-order valence-electron chi connectivity index (χ2n) is 4.66. The topological polar surface area (TPSA) is 38.8 Å². The van der Waals surface area contributed by atoms with E-state index in [1.807, 2.05) is 25.1 Å². The van der Waals surface area contributed by atoms with Gasteiger partial charge >= 0.3 is 6.09 Å². The highest BCUT2D eigenvalue weighted by molar-refractivity contribution is 5.67. The number of rotatable bonds is 4. The number of benzene rings is 1. The summed E-state index contributed by atoms with van der Waals surface area (Å²) in [5, 5.41) is 0. The molecule has 1 fully saturated rings. The maximum atomic E-state index is 11.7. The molecule has 1 atom stereocenters. The third kappa shape index (κ3) is 4.24. The van der Waals surface area contributed by atoms with Crippen molar-refractivity contribution < 1.29 is 14.3 Å². The molecule has 0 aromatic heterocycles. The number of hydrogen-bond donors (Lipinski definition) is 0. The van der Waals surface area contributed by atoms with Gasteiger partial charge in [-0.1, -0.05) is 30.3 Å². The molecule has 1 amide bonds. The van der Waals surface area contributed by atoms with E-state index in [1.54, 1.807) is 4.90 Å². The van der Waals surface area contributed by atoms with Gasteiger partial charge in [-0.05, 0) is 25.3 Å². The predicted octanol–water partition coefficient (Wildman–Crippen LogP) is 2.48. The second-order valence-corrected chi connectivity index (χ2v) is 4.66. The van der Waals surface area contributed by atoms with Gasteiger partial charge in [-0.2, -0.15) is 0 Å². The average Bonchev–Trinajstić information content (AvgIpc) is 2.47. The third-order valence-corrected chi connectivity index (χ3v) is 3.26. The Morgan fingerprint density at radius 1 is 1.42 bits per heavy atom. The van der Waals surface area contributed by atoms with Gasteiger partial charge < -0.3 is 14.4 Å². The van der Waals surface area contributed by atoms with Crippen LogP contribution in [0.3, 0.4) is 0 Å². The van der Waals surface area contributed by atoms with Gasteiger partial charge in [-0.25, -0.2) is 4.79 Å². The summed E-state index contributed by atoms with van der Waals surface area (Å²) in [6.07, 6.45) is 1.79. The summed E-state index contributed by atoms with van der Waals surface area (Å²) in [6, 6.07) is 10.3. The Morgan fingerprint density at radius 2 is 2.21 bits per heavy atom. The molecule has 0 spiro atoms. The molecule has 0 saturated carbocycles. The van der Waals surface area contributed by atoms with Crippen LogP contribution >= 0.6 is 0 Å². The van der Waals surface area contributed by atoms with E-state index >= 15 is 0 Å². The van der Waals surface area contributed by atoms with Crippen molar-refractivity contribution in [1.82, 2.24) is 4.90 Å². The van der Waals surface area contributed by atoms with Crippen LogP contribution < -0.4 is 0 Å². The SMILES string of the molecule is CCOC(=O)N1CCOC(CCc2ccccc2)C1. The Balaban J connectivity index is 1.79. The number of aryl methyl sites for hydroxylation is 1. The summed E-state index contributed by atoms with van der Waals surface area (Å²) in [5.41, 5.74) is 1.30. The number of amides is 1. The Bertz CT molecular complexity index is 394. The highest BCUT2D eigenvalue weighted by Gasteiger charge is 2.24. The van der Waals surface area contributed by atoms with Crippen LogP contribution in [0.2, 0.25) is 0 Å². The van der Waals surface area contributed by atoms with Gasteiger partial charge in [0.05, 0.1) is 25.9 Å². The maximum Gasteiger partial charge on any atom is 0.409 e. The van der Waals surface area contributed by atoms with Crippen LogP contribution in [0.4, 0.5) is 4.79 Å². The van der Waals surface area contributed by atoms with Gasteiger partial charge in [0, 0.05) is 6.54 Å². The van der Waals surface area contributed by atoms with Crippen LogP contribution in [-0.4, -0.2) is 43.4 Å². The molecule has 1 heterocycles. The zero-order chi connectivity index (χ0) is 13.5. The first-order valence-electron chi connectivity index (χ1n) is 6.87. The Hall–Kier alpha value is -1.55. The summed E-state index contributed by atoms with van der Waals surface area (Å²) in [6.45, 7) is 4.10. The monoisotopic (exact) mass is 263 g/mol. The van der Waals surface area contributed by atoms with Crippen molar-refractivity contribution in [2.45, 2.75) is 25.9 Å². The lowest BCUT2D eigenvalue weighted by molar-refractivity contribution is -0.0296. The van der Waals surface area contributed by atoms with Gasteiger partial charge in [-0.3, -0.25) is 0 Å². The van der Waals surface area contributed by atoms with Gasteiger partial charge in [0.2, 0.25) is 0 Å². The Kier molecular flexibility index (Phi) is 5.21. The Morgan fingerprint density at radius 3 is 2.95 bits per heavy atom. The van der Waals surface area contributed by atoms with Crippen LogP contribution in [-0.2, 0) is 15.9 Å².